The molecule has 0 fully saturated rings. The zero-order valence-corrected chi connectivity index (χ0v) is 19.8. The van der Waals surface area contributed by atoms with Crippen LogP contribution in [-0.4, -0.2) is 44.4 Å². The van der Waals surface area contributed by atoms with Crippen LogP contribution in [0.2, 0.25) is 0 Å². The molecule has 0 saturated carbocycles. The molecule has 3 rings (SSSR count). The molecule has 160 valence electrons. The molecule has 0 unspecified atom stereocenters. The van der Waals surface area contributed by atoms with Crippen LogP contribution in [0.1, 0.15) is 50.1 Å². The van der Waals surface area contributed by atoms with E-state index in [1.165, 1.54) is 22.7 Å². The Kier molecular flexibility index (Phi) is 6.83. The molecule has 0 N–H and O–H groups in total. The Balaban J connectivity index is 1.73. The third-order valence-corrected chi connectivity index (χ3v) is 5.79. The predicted molar refractivity (Wildman–Crippen MR) is 123 cm³/mol. The lowest BCUT2D eigenvalue weighted by Crippen LogP contribution is -2.20. The topological polar surface area (TPSA) is 64.0 Å². The first-order valence-electron chi connectivity index (χ1n) is 10.3. The number of aromatic nitrogens is 4. The van der Waals surface area contributed by atoms with Crippen LogP contribution in [0.3, 0.4) is 0 Å². The molecule has 0 amide bonds. The average molecular weight is 426 g/mol. The number of nitrogens with zero attached hydrogens (tertiary/aromatic N) is 5. The summed E-state index contributed by atoms with van der Waals surface area (Å²) in [5, 5.41) is 0.507. The van der Waals surface area contributed by atoms with Crippen LogP contribution in [0.4, 0.5) is 0 Å². The van der Waals surface area contributed by atoms with Gasteiger partial charge in [0.05, 0.1) is 11.9 Å². The van der Waals surface area contributed by atoms with Crippen molar-refractivity contribution < 1.29 is 4.74 Å². The standard InChI is InChI=1S/C23H31N5OS/c1-8-28(7)10-9-17-11-16(3)19(12-15(17)2)29-22-26-21(27-30-22)18-13-25-20(14-24-18)23(4,5)6/h11-14H,8-10H2,1-7H3. The highest BCUT2D eigenvalue weighted by Gasteiger charge is 2.17. The van der Waals surface area contributed by atoms with E-state index < -0.39 is 0 Å². The van der Waals surface area contributed by atoms with E-state index in [0.29, 0.717) is 16.7 Å². The first kappa shape index (κ1) is 22.3. The largest absolute Gasteiger partial charge is 0.430 e. The summed E-state index contributed by atoms with van der Waals surface area (Å²) in [5.41, 5.74) is 5.23. The Labute approximate surface area is 183 Å². The van der Waals surface area contributed by atoms with Gasteiger partial charge in [-0.3, -0.25) is 4.98 Å². The molecule has 2 heterocycles. The zero-order chi connectivity index (χ0) is 21.9. The van der Waals surface area contributed by atoms with Gasteiger partial charge in [-0.1, -0.05) is 33.8 Å². The highest BCUT2D eigenvalue weighted by molar-refractivity contribution is 7.07. The van der Waals surface area contributed by atoms with E-state index in [1.54, 1.807) is 12.4 Å². The lowest BCUT2D eigenvalue weighted by Gasteiger charge is -2.16. The Morgan fingerprint density at radius 1 is 1.07 bits per heavy atom. The highest BCUT2D eigenvalue weighted by Crippen LogP contribution is 2.31. The number of benzene rings is 1. The zero-order valence-electron chi connectivity index (χ0n) is 19.0. The van der Waals surface area contributed by atoms with E-state index in [-0.39, 0.29) is 5.41 Å². The monoisotopic (exact) mass is 425 g/mol. The minimum Gasteiger partial charge on any atom is -0.430 e. The van der Waals surface area contributed by atoms with Crippen LogP contribution in [0.5, 0.6) is 10.9 Å². The van der Waals surface area contributed by atoms with Crippen molar-refractivity contribution in [2.24, 2.45) is 0 Å². The van der Waals surface area contributed by atoms with Gasteiger partial charge in [-0.05, 0) is 56.6 Å². The molecule has 0 aliphatic heterocycles. The van der Waals surface area contributed by atoms with Crippen LogP contribution in [-0.2, 0) is 11.8 Å². The summed E-state index contributed by atoms with van der Waals surface area (Å²) in [5.74, 6) is 1.36. The number of hydrogen-bond donors (Lipinski definition) is 0. The fourth-order valence-corrected chi connectivity index (χ4v) is 3.53. The van der Waals surface area contributed by atoms with Gasteiger partial charge in [0.15, 0.2) is 5.82 Å². The highest BCUT2D eigenvalue weighted by atomic mass is 32.1. The third kappa shape index (κ3) is 5.40. The minimum atomic E-state index is -0.0389. The second-order valence-corrected chi connectivity index (χ2v) is 9.43. The molecule has 0 saturated heterocycles. The summed E-state index contributed by atoms with van der Waals surface area (Å²) in [6.45, 7) is 14.8. The molecule has 6 nitrogen and oxygen atoms in total. The smallest absolute Gasteiger partial charge is 0.299 e. The second-order valence-electron chi connectivity index (χ2n) is 8.71. The van der Waals surface area contributed by atoms with Gasteiger partial charge in [0.25, 0.3) is 5.19 Å². The van der Waals surface area contributed by atoms with E-state index in [9.17, 15) is 0 Å². The summed E-state index contributed by atoms with van der Waals surface area (Å²) < 4.78 is 10.5. The van der Waals surface area contributed by atoms with E-state index >= 15 is 0 Å². The summed E-state index contributed by atoms with van der Waals surface area (Å²) >= 11 is 1.23. The van der Waals surface area contributed by atoms with Crippen LogP contribution in [0.25, 0.3) is 11.5 Å². The molecule has 1 aromatic carbocycles. The number of likely N-dealkylation sites (N-methyl/N-ethyl adjacent to an activating group) is 1. The normalized spacial score (nSPS) is 11.9. The molecule has 30 heavy (non-hydrogen) atoms. The van der Waals surface area contributed by atoms with Crippen molar-refractivity contribution in [1.82, 2.24) is 24.2 Å². The van der Waals surface area contributed by atoms with Crippen molar-refractivity contribution in [1.29, 1.82) is 0 Å². The summed E-state index contributed by atoms with van der Waals surface area (Å²) in [7, 11) is 2.15. The van der Waals surface area contributed by atoms with Crippen molar-refractivity contribution >= 4 is 11.5 Å². The molecule has 0 spiro atoms. The fourth-order valence-electron chi connectivity index (χ4n) is 2.98. The van der Waals surface area contributed by atoms with Gasteiger partial charge >= 0.3 is 0 Å². The number of ether oxygens (including phenoxy) is 1. The van der Waals surface area contributed by atoms with Crippen molar-refractivity contribution in [3.8, 4) is 22.5 Å². The SMILES string of the molecule is CCN(C)CCc1cc(C)c(Oc2nc(-c3cnc(C(C)(C)C)cn3)ns2)cc1C. The molecule has 0 aliphatic rings. The Hall–Kier alpha value is -2.38. The third-order valence-electron chi connectivity index (χ3n) is 5.19. The second kappa shape index (κ2) is 9.18. The van der Waals surface area contributed by atoms with E-state index in [1.807, 2.05) is 0 Å². The van der Waals surface area contributed by atoms with Crippen molar-refractivity contribution in [3.63, 3.8) is 0 Å². The predicted octanol–water partition coefficient (Wildman–Crippen LogP) is 5.20. The molecule has 0 atom stereocenters. The van der Waals surface area contributed by atoms with Gasteiger partial charge in [-0.25, -0.2) is 4.98 Å². The Morgan fingerprint density at radius 3 is 2.47 bits per heavy atom. The van der Waals surface area contributed by atoms with E-state index in [2.05, 4.69) is 84.9 Å². The van der Waals surface area contributed by atoms with Crippen molar-refractivity contribution in [3.05, 3.63) is 46.9 Å². The van der Waals surface area contributed by atoms with E-state index in [4.69, 9.17) is 4.74 Å². The van der Waals surface area contributed by atoms with Gasteiger partial charge in [0.1, 0.15) is 11.4 Å². The first-order chi connectivity index (χ1) is 14.2. The van der Waals surface area contributed by atoms with Crippen LogP contribution in [0, 0.1) is 13.8 Å². The van der Waals surface area contributed by atoms with Gasteiger partial charge in [0.2, 0.25) is 0 Å². The maximum Gasteiger partial charge on any atom is 0.299 e. The number of hydrogen-bond acceptors (Lipinski definition) is 7. The van der Waals surface area contributed by atoms with E-state index in [0.717, 1.165) is 36.5 Å². The summed E-state index contributed by atoms with van der Waals surface area (Å²) in [6, 6.07) is 4.31. The molecular formula is C23H31N5OS. The maximum atomic E-state index is 6.06. The van der Waals surface area contributed by atoms with Crippen LogP contribution < -0.4 is 4.74 Å². The van der Waals surface area contributed by atoms with Gasteiger partial charge in [-0.15, -0.1) is 0 Å². The molecular weight excluding hydrogens is 394 g/mol. The summed E-state index contributed by atoms with van der Waals surface area (Å²) in [6.07, 6.45) is 4.55. The van der Waals surface area contributed by atoms with Gasteiger partial charge in [-0.2, -0.15) is 9.36 Å². The lowest BCUT2D eigenvalue weighted by atomic mass is 9.93. The Bertz CT molecular complexity index is 992. The maximum absolute atomic E-state index is 6.06. The minimum absolute atomic E-state index is 0.0389. The molecule has 0 radical (unpaired) electrons. The molecule has 7 heteroatoms. The van der Waals surface area contributed by atoms with Crippen molar-refractivity contribution in [2.75, 3.05) is 20.1 Å². The van der Waals surface area contributed by atoms with Crippen molar-refractivity contribution in [2.45, 2.75) is 53.4 Å². The fraction of sp³-hybridized carbons (Fsp3) is 0.478. The Morgan fingerprint density at radius 2 is 1.83 bits per heavy atom. The number of aryl methyl sites for hydroxylation is 2. The van der Waals surface area contributed by atoms with Crippen LogP contribution >= 0.6 is 11.5 Å². The molecule has 0 aliphatic carbocycles. The average Bonchev–Trinajstić information content (AvgIpc) is 3.17. The van der Waals surface area contributed by atoms with Gasteiger partial charge in [0, 0.05) is 29.7 Å². The molecule has 0 bridgehead atoms. The first-order valence-corrected chi connectivity index (χ1v) is 11.1. The van der Waals surface area contributed by atoms with Crippen LogP contribution in [0.15, 0.2) is 24.5 Å². The summed E-state index contributed by atoms with van der Waals surface area (Å²) in [4.78, 5) is 15.8. The number of rotatable bonds is 7. The quantitative estimate of drug-likeness (QED) is 0.519. The lowest BCUT2D eigenvalue weighted by molar-refractivity contribution is 0.357. The van der Waals surface area contributed by atoms with Gasteiger partial charge < -0.3 is 9.64 Å². The molecule has 2 aromatic heterocycles. The molecule has 3 aromatic rings.